The molecule has 4 heterocycles. The minimum atomic E-state index is -4.64. The van der Waals surface area contributed by atoms with Crippen molar-refractivity contribution in [2.24, 2.45) is 0 Å². The predicted octanol–water partition coefficient (Wildman–Crippen LogP) is 5.85. The zero-order valence-electron chi connectivity index (χ0n) is 17.6. The molecule has 1 aliphatic rings. The summed E-state index contributed by atoms with van der Waals surface area (Å²) in [5.74, 6) is -1.88. The van der Waals surface area contributed by atoms with Gasteiger partial charge in [0.25, 0.3) is 5.91 Å². The molecule has 10 heteroatoms. The quantitative estimate of drug-likeness (QED) is 0.310. The lowest BCUT2D eigenvalue weighted by atomic mass is 10.1. The molecule has 174 valence electrons. The zero-order valence-corrected chi connectivity index (χ0v) is 18.3. The van der Waals surface area contributed by atoms with Crippen LogP contribution in [0.2, 0.25) is 5.02 Å². The summed E-state index contributed by atoms with van der Waals surface area (Å²) >= 11 is 6.52. The molecule has 0 fully saturated rings. The number of pyridine rings is 2. The van der Waals surface area contributed by atoms with Crippen molar-refractivity contribution < 1.29 is 23.1 Å². The zero-order chi connectivity index (χ0) is 24.5. The van der Waals surface area contributed by atoms with Gasteiger partial charge in [-0.1, -0.05) is 36.4 Å². The van der Waals surface area contributed by atoms with Gasteiger partial charge >= 0.3 is 6.18 Å². The van der Waals surface area contributed by atoms with Crippen molar-refractivity contribution in [1.29, 1.82) is 0 Å². The summed E-state index contributed by atoms with van der Waals surface area (Å²) in [5, 5.41) is 11.9. The molecule has 3 aromatic heterocycles. The Morgan fingerprint density at radius 3 is 2.56 bits per heavy atom. The highest BCUT2D eigenvalue weighted by atomic mass is 35.5. The van der Waals surface area contributed by atoms with E-state index in [1.54, 1.807) is 6.20 Å². The third-order valence-corrected chi connectivity index (χ3v) is 5.54. The van der Waals surface area contributed by atoms with E-state index in [0.717, 1.165) is 45.5 Å². The summed E-state index contributed by atoms with van der Waals surface area (Å²) < 4.78 is 32.5. The molecule has 3 N–H and O–H groups in total. The summed E-state index contributed by atoms with van der Waals surface area (Å²) in [4.78, 5) is 24.5. The number of aliphatic hydroxyl groups is 1. The van der Waals surface area contributed by atoms with E-state index in [4.69, 9.17) is 16.7 Å². The molecule has 0 aliphatic carbocycles. The van der Waals surface area contributed by atoms with Gasteiger partial charge in [-0.3, -0.25) is 14.8 Å². The minimum absolute atomic E-state index is 0.128. The fourth-order valence-corrected chi connectivity index (χ4v) is 3.85. The van der Waals surface area contributed by atoms with E-state index in [2.05, 4.69) is 32.9 Å². The van der Waals surface area contributed by atoms with Crippen LogP contribution in [0, 0.1) is 0 Å². The second kappa shape index (κ2) is 9.18. The SMILES string of the molecule is C=C(O)C(F)(F)F.O=C1NCCc2[nH]c(-c3ccnc(-c4cnc5ccccc5c4)c3)c(Cl)c21. The van der Waals surface area contributed by atoms with Gasteiger partial charge in [-0.2, -0.15) is 13.2 Å². The molecule has 1 aromatic carbocycles. The fraction of sp³-hybridized carbons (Fsp3) is 0.125. The van der Waals surface area contributed by atoms with E-state index < -0.39 is 11.9 Å². The Kier molecular flexibility index (Phi) is 6.30. The van der Waals surface area contributed by atoms with Crippen molar-refractivity contribution in [3.63, 3.8) is 0 Å². The maximum atomic E-state index is 12.1. The first-order valence-electron chi connectivity index (χ1n) is 10.1. The van der Waals surface area contributed by atoms with Gasteiger partial charge in [0.2, 0.25) is 0 Å². The first-order valence-corrected chi connectivity index (χ1v) is 10.5. The van der Waals surface area contributed by atoms with Gasteiger partial charge in [0, 0.05) is 47.6 Å². The van der Waals surface area contributed by atoms with E-state index in [9.17, 15) is 18.0 Å². The molecule has 0 spiro atoms. The molecule has 1 amide bonds. The summed E-state index contributed by atoms with van der Waals surface area (Å²) in [6, 6.07) is 13.9. The van der Waals surface area contributed by atoms with Crippen LogP contribution in [0.1, 0.15) is 16.1 Å². The summed E-state index contributed by atoms with van der Waals surface area (Å²) in [6.07, 6.45) is -0.327. The number of H-pyrrole nitrogens is 1. The lowest BCUT2D eigenvalue weighted by Crippen LogP contribution is -2.31. The highest BCUT2D eigenvalue weighted by molar-refractivity contribution is 6.36. The number of amides is 1. The lowest BCUT2D eigenvalue weighted by molar-refractivity contribution is -0.119. The number of nitrogens with zero attached hydrogens (tertiary/aromatic N) is 2. The van der Waals surface area contributed by atoms with Crippen LogP contribution in [0.25, 0.3) is 33.4 Å². The van der Waals surface area contributed by atoms with Crippen LogP contribution in [-0.4, -0.2) is 38.7 Å². The Morgan fingerprint density at radius 2 is 1.85 bits per heavy atom. The number of aliphatic hydroxyl groups excluding tert-OH is 1. The van der Waals surface area contributed by atoms with Crippen LogP contribution >= 0.6 is 11.6 Å². The van der Waals surface area contributed by atoms with Gasteiger partial charge in [0.15, 0.2) is 5.76 Å². The first-order chi connectivity index (χ1) is 16.1. The monoisotopic (exact) mass is 486 g/mol. The molecule has 5 rings (SSSR count). The summed E-state index contributed by atoms with van der Waals surface area (Å²) in [5.41, 5.74) is 5.74. The maximum Gasteiger partial charge on any atom is 0.448 e. The number of allylic oxidation sites excluding steroid dienone is 1. The van der Waals surface area contributed by atoms with Gasteiger partial charge in [-0.05, 0) is 24.3 Å². The first kappa shape index (κ1) is 23.3. The molecular weight excluding hydrogens is 469 g/mol. The average Bonchev–Trinajstić information content (AvgIpc) is 3.16. The molecule has 4 aromatic rings. The van der Waals surface area contributed by atoms with E-state index in [1.807, 2.05) is 42.6 Å². The number of halogens is 4. The summed E-state index contributed by atoms with van der Waals surface area (Å²) in [7, 11) is 0. The van der Waals surface area contributed by atoms with Crippen molar-refractivity contribution in [2.75, 3.05) is 6.54 Å². The standard InChI is InChI=1S/C21H15ClN4O.C3H3F3O/c22-19-18-16(6-8-24-21(18)27)26-20(19)13-5-7-23-17(10-13)14-9-12-3-1-2-4-15(12)25-11-14;1-2(7)3(4,5)6/h1-5,7,9-11,26H,6,8H2,(H,24,27);7H,1H2. The molecule has 34 heavy (non-hydrogen) atoms. The normalized spacial score (nSPS) is 13.0. The second-order valence-corrected chi connectivity index (χ2v) is 7.84. The van der Waals surface area contributed by atoms with E-state index >= 15 is 0 Å². The Labute approximate surface area is 197 Å². The van der Waals surface area contributed by atoms with Crippen LogP contribution in [0.5, 0.6) is 0 Å². The predicted molar refractivity (Wildman–Crippen MR) is 124 cm³/mol. The highest BCUT2D eigenvalue weighted by Gasteiger charge is 2.31. The van der Waals surface area contributed by atoms with Crippen LogP contribution in [-0.2, 0) is 6.42 Å². The molecule has 0 saturated heterocycles. The van der Waals surface area contributed by atoms with Crippen molar-refractivity contribution in [3.8, 4) is 22.5 Å². The van der Waals surface area contributed by atoms with Gasteiger partial charge < -0.3 is 15.4 Å². The largest absolute Gasteiger partial charge is 0.505 e. The number of nitrogens with one attached hydrogen (secondary N) is 2. The fourth-order valence-electron chi connectivity index (χ4n) is 3.49. The van der Waals surface area contributed by atoms with Crippen molar-refractivity contribution in [2.45, 2.75) is 12.6 Å². The molecule has 0 atom stereocenters. The second-order valence-electron chi connectivity index (χ2n) is 7.46. The van der Waals surface area contributed by atoms with Crippen molar-refractivity contribution in [3.05, 3.63) is 83.5 Å². The lowest BCUT2D eigenvalue weighted by Gasteiger charge is -2.11. The Balaban J connectivity index is 0.000000344. The molecular formula is C24H18ClF3N4O2. The number of para-hydroxylation sites is 1. The molecule has 0 saturated carbocycles. The average molecular weight is 487 g/mol. The van der Waals surface area contributed by atoms with Crippen LogP contribution in [0.15, 0.2) is 67.2 Å². The van der Waals surface area contributed by atoms with E-state index in [-0.39, 0.29) is 5.91 Å². The molecule has 0 unspecified atom stereocenters. The number of fused-ring (bicyclic) bond motifs is 2. The van der Waals surface area contributed by atoms with Gasteiger partial charge in [-0.15, -0.1) is 0 Å². The minimum Gasteiger partial charge on any atom is -0.505 e. The number of aromatic amines is 1. The van der Waals surface area contributed by atoms with Crippen molar-refractivity contribution >= 4 is 28.4 Å². The number of aromatic nitrogens is 3. The van der Waals surface area contributed by atoms with Crippen molar-refractivity contribution in [1.82, 2.24) is 20.3 Å². The number of alkyl halides is 3. The number of carbonyl (C=O) groups excluding carboxylic acids is 1. The molecule has 1 aliphatic heterocycles. The van der Waals surface area contributed by atoms with Crippen LogP contribution < -0.4 is 5.32 Å². The van der Waals surface area contributed by atoms with Crippen LogP contribution in [0.4, 0.5) is 13.2 Å². The smallest absolute Gasteiger partial charge is 0.448 e. The topological polar surface area (TPSA) is 90.9 Å². The Morgan fingerprint density at radius 1 is 1.12 bits per heavy atom. The third kappa shape index (κ3) is 4.74. The van der Waals surface area contributed by atoms with Gasteiger partial charge in [-0.25, -0.2) is 0 Å². The highest BCUT2D eigenvalue weighted by Crippen LogP contribution is 2.35. The van der Waals surface area contributed by atoms with E-state index in [1.165, 1.54) is 0 Å². The Hall–Kier alpha value is -3.85. The number of carbonyl (C=O) groups is 1. The maximum absolute atomic E-state index is 12.1. The van der Waals surface area contributed by atoms with Crippen LogP contribution in [0.3, 0.4) is 0 Å². The number of hydrogen-bond acceptors (Lipinski definition) is 4. The summed E-state index contributed by atoms with van der Waals surface area (Å²) in [6.45, 7) is 2.87. The van der Waals surface area contributed by atoms with Gasteiger partial charge in [0.05, 0.1) is 27.5 Å². The van der Waals surface area contributed by atoms with Gasteiger partial charge in [0.1, 0.15) is 0 Å². The number of rotatable bonds is 2. The number of hydrogen-bond donors (Lipinski definition) is 3. The van der Waals surface area contributed by atoms with E-state index in [0.29, 0.717) is 17.1 Å². The molecule has 0 bridgehead atoms. The third-order valence-electron chi connectivity index (χ3n) is 5.17. The number of benzene rings is 1. The molecule has 0 radical (unpaired) electrons. The molecule has 6 nitrogen and oxygen atoms in total. The Bertz CT molecular complexity index is 1400.